The van der Waals surface area contributed by atoms with Crippen molar-refractivity contribution < 1.29 is 9.90 Å². The Balaban J connectivity index is 1.60. The standard InChI is InChI=1S/C35H44O2/c1-18(2)24-11-9-10-20(5)30-26(16-24)22(7)14-28(30)32-34(36)33(35(32)37)29-15-23(8)27-17-25(19(3)4)13-12-21(6)31(27)29/h12-15,17-20,24,26,30,36H,9-11,16H2,1-8H3/b32-28-. The van der Waals surface area contributed by atoms with Crippen LogP contribution in [0.25, 0.3) is 16.7 Å². The topological polar surface area (TPSA) is 37.3 Å². The minimum Gasteiger partial charge on any atom is -0.506 e. The lowest BCUT2D eigenvalue weighted by molar-refractivity contribution is -0.111. The van der Waals surface area contributed by atoms with Crippen molar-refractivity contribution in [2.24, 2.45) is 29.6 Å². The predicted octanol–water partition coefficient (Wildman–Crippen LogP) is 9.35. The van der Waals surface area contributed by atoms with Crippen LogP contribution in [-0.4, -0.2) is 10.9 Å². The molecule has 0 radical (unpaired) electrons. The van der Waals surface area contributed by atoms with E-state index >= 15 is 0 Å². The first-order valence-corrected chi connectivity index (χ1v) is 14.5. The smallest absolute Gasteiger partial charge is 0.201 e. The van der Waals surface area contributed by atoms with Crippen LogP contribution >= 0.6 is 0 Å². The molecular weight excluding hydrogens is 452 g/mol. The second-order valence-corrected chi connectivity index (χ2v) is 12.9. The molecule has 5 rings (SSSR count). The average Bonchev–Trinajstić information content (AvgIpc) is 3.21. The number of carbonyl (C=O) groups excluding carboxylic acids is 1. The van der Waals surface area contributed by atoms with Gasteiger partial charge in [-0.15, -0.1) is 0 Å². The van der Waals surface area contributed by atoms with Crippen LogP contribution in [0.2, 0.25) is 0 Å². The molecule has 1 N–H and O–H groups in total. The maximum absolute atomic E-state index is 13.9. The van der Waals surface area contributed by atoms with Crippen molar-refractivity contribution in [3.8, 4) is 11.1 Å². The molecule has 4 atom stereocenters. The number of Topliss-reactive ketones (excluding diaryl/α,β-unsaturated/α-hetero) is 1. The number of aliphatic hydroxyl groups excluding tert-OH is 1. The summed E-state index contributed by atoms with van der Waals surface area (Å²) in [4.78, 5) is 13.9. The van der Waals surface area contributed by atoms with Crippen molar-refractivity contribution in [1.29, 1.82) is 0 Å². The fourth-order valence-corrected chi connectivity index (χ4v) is 7.47. The van der Waals surface area contributed by atoms with E-state index in [-0.39, 0.29) is 11.5 Å². The average molecular weight is 497 g/mol. The van der Waals surface area contributed by atoms with E-state index in [4.69, 9.17) is 0 Å². The molecule has 4 unspecified atom stereocenters. The molecule has 0 bridgehead atoms. The van der Waals surface area contributed by atoms with Gasteiger partial charge in [-0.25, -0.2) is 0 Å². The minimum absolute atomic E-state index is 0.0220. The Morgan fingerprint density at radius 1 is 0.919 bits per heavy atom. The molecule has 0 amide bonds. The van der Waals surface area contributed by atoms with Crippen LogP contribution in [0.3, 0.4) is 0 Å². The number of aliphatic hydroxyl groups is 1. The molecule has 0 aromatic heterocycles. The Hall–Kier alpha value is -2.61. The Morgan fingerprint density at radius 3 is 2.30 bits per heavy atom. The maximum Gasteiger partial charge on any atom is 0.201 e. The highest BCUT2D eigenvalue weighted by Crippen LogP contribution is 2.53. The molecule has 5 aliphatic rings. The summed E-state index contributed by atoms with van der Waals surface area (Å²) in [6.07, 6.45) is 7.19. The number of hydrogen-bond donors (Lipinski definition) is 1. The van der Waals surface area contributed by atoms with Gasteiger partial charge in [-0.3, -0.25) is 4.79 Å². The molecule has 0 spiro atoms. The first-order chi connectivity index (χ1) is 17.5. The van der Waals surface area contributed by atoms with Crippen molar-refractivity contribution in [2.45, 2.75) is 87.0 Å². The number of fused-ring (bicyclic) bond motifs is 2. The molecule has 1 saturated carbocycles. The normalized spacial score (nSPS) is 28.5. The molecule has 0 saturated heterocycles. The zero-order valence-corrected chi connectivity index (χ0v) is 24.0. The van der Waals surface area contributed by atoms with Crippen LogP contribution in [0.15, 0.2) is 52.8 Å². The first kappa shape index (κ1) is 26.0. The van der Waals surface area contributed by atoms with Crippen LogP contribution in [0, 0.1) is 43.4 Å². The number of hydrogen-bond acceptors (Lipinski definition) is 2. The van der Waals surface area contributed by atoms with Crippen LogP contribution in [-0.2, 0) is 4.79 Å². The first-order valence-electron chi connectivity index (χ1n) is 14.5. The molecule has 0 aromatic rings. The lowest BCUT2D eigenvalue weighted by Gasteiger charge is -2.37. The van der Waals surface area contributed by atoms with Gasteiger partial charge in [-0.05, 0) is 108 Å². The summed E-state index contributed by atoms with van der Waals surface area (Å²) in [7, 11) is 0. The summed E-state index contributed by atoms with van der Waals surface area (Å²) in [5.41, 5.74) is 10.3. The zero-order valence-electron chi connectivity index (χ0n) is 24.0. The van der Waals surface area contributed by atoms with Crippen molar-refractivity contribution in [3.63, 3.8) is 0 Å². The zero-order chi connectivity index (χ0) is 26.8. The lowest BCUT2D eigenvalue weighted by atomic mass is 9.67. The molecule has 5 aliphatic carbocycles. The molecule has 2 nitrogen and oxygen atoms in total. The van der Waals surface area contributed by atoms with Crippen LogP contribution in [0.5, 0.6) is 0 Å². The van der Waals surface area contributed by atoms with E-state index in [1.165, 1.54) is 42.4 Å². The van der Waals surface area contributed by atoms with Gasteiger partial charge in [0.1, 0.15) is 5.76 Å². The van der Waals surface area contributed by atoms with Gasteiger partial charge in [0.05, 0.1) is 11.1 Å². The van der Waals surface area contributed by atoms with Gasteiger partial charge < -0.3 is 5.11 Å². The van der Waals surface area contributed by atoms with Crippen molar-refractivity contribution >= 4 is 11.4 Å². The third-order valence-electron chi connectivity index (χ3n) is 9.82. The summed E-state index contributed by atoms with van der Waals surface area (Å²) in [6, 6.07) is 8.73. The molecular formula is C35H44O2. The maximum atomic E-state index is 13.9. The second kappa shape index (κ2) is 9.61. The summed E-state index contributed by atoms with van der Waals surface area (Å²) in [6.45, 7) is 18.0. The molecule has 37 heavy (non-hydrogen) atoms. The Bertz CT molecular complexity index is 1310. The molecule has 196 valence electrons. The van der Waals surface area contributed by atoms with E-state index in [0.29, 0.717) is 40.7 Å². The van der Waals surface area contributed by atoms with Gasteiger partial charge in [-0.2, -0.15) is 0 Å². The lowest BCUT2D eigenvalue weighted by Crippen LogP contribution is -2.30. The number of ketones is 1. The fourth-order valence-electron chi connectivity index (χ4n) is 7.47. The van der Waals surface area contributed by atoms with Gasteiger partial charge in [0, 0.05) is 0 Å². The van der Waals surface area contributed by atoms with Crippen molar-refractivity contribution in [2.75, 3.05) is 0 Å². The highest BCUT2D eigenvalue weighted by molar-refractivity contribution is 6.40. The van der Waals surface area contributed by atoms with E-state index in [9.17, 15) is 9.90 Å². The summed E-state index contributed by atoms with van der Waals surface area (Å²) in [5, 5.41) is 11.5. The van der Waals surface area contributed by atoms with Crippen LogP contribution in [0.1, 0.15) is 95.4 Å². The van der Waals surface area contributed by atoms with Gasteiger partial charge in [0.2, 0.25) is 5.78 Å². The van der Waals surface area contributed by atoms with Gasteiger partial charge in [-0.1, -0.05) is 83.7 Å². The van der Waals surface area contributed by atoms with E-state index in [0.717, 1.165) is 33.7 Å². The van der Waals surface area contributed by atoms with Gasteiger partial charge in [0.25, 0.3) is 0 Å². The van der Waals surface area contributed by atoms with E-state index < -0.39 is 0 Å². The van der Waals surface area contributed by atoms with Crippen molar-refractivity contribution in [3.05, 3.63) is 75.1 Å². The van der Waals surface area contributed by atoms with E-state index in [2.05, 4.69) is 85.7 Å². The minimum atomic E-state index is 0.0220. The summed E-state index contributed by atoms with van der Waals surface area (Å²) >= 11 is 0. The molecule has 0 heterocycles. The highest BCUT2D eigenvalue weighted by Gasteiger charge is 2.45. The largest absolute Gasteiger partial charge is 0.506 e. The summed E-state index contributed by atoms with van der Waals surface area (Å²) in [5.74, 6) is 3.38. The second-order valence-electron chi connectivity index (χ2n) is 12.9. The molecule has 2 heteroatoms. The Labute approximate surface area is 223 Å². The summed E-state index contributed by atoms with van der Waals surface area (Å²) < 4.78 is 0. The number of aryl methyl sites for hydroxylation is 2. The predicted molar refractivity (Wildman–Crippen MR) is 155 cm³/mol. The third kappa shape index (κ3) is 4.21. The third-order valence-corrected chi connectivity index (χ3v) is 9.82. The van der Waals surface area contributed by atoms with Crippen LogP contribution in [0.4, 0.5) is 0 Å². The number of allylic oxidation sites excluding steroid dienone is 5. The quantitative estimate of drug-likeness (QED) is 0.430. The number of rotatable bonds is 3. The molecule has 0 aliphatic heterocycles. The van der Waals surface area contributed by atoms with Gasteiger partial charge in [0.15, 0.2) is 0 Å². The molecule has 1 fully saturated rings. The van der Waals surface area contributed by atoms with E-state index in [1.807, 2.05) is 0 Å². The Morgan fingerprint density at radius 2 is 1.65 bits per heavy atom. The Kier molecular flexibility index (Phi) is 6.75. The van der Waals surface area contributed by atoms with Crippen molar-refractivity contribution in [1.82, 2.24) is 0 Å². The van der Waals surface area contributed by atoms with E-state index in [1.54, 1.807) is 0 Å². The van der Waals surface area contributed by atoms with Crippen LogP contribution < -0.4 is 0 Å². The number of carbonyl (C=O) groups is 1. The van der Waals surface area contributed by atoms with Gasteiger partial charge >= 0.3 is 0 Å². The SMILES string of the molecule is CC1=C/C(=C2/C(=O)C(c3cc(C)c4cc(C(C)C)ccc(C)c3-4)=C2O)C2C(C)CCCC(C(C)C)CC12. The fraction of sp³-hybridized carbons (Fsp3) is 0.514. The molecule has 0 aromatic carbocycles. The highest BCUT2D eigenvalue weighted by atomic mass is 16.3. The monoisotopic (exact) mass is 496 g/mol.